The number of likely N-dealkylation sites (N-methyl/N-ethyl adjacent to an activating group) is 1. The Morgan fingerprint density at radius 2 is 2.15 bits per heavy atom. The van der Waals surface area contributed by atoms with Crippen molar-refractivity contribution in [2.24, 2.45) is 0 Å². The quantitative estimate of drug-likeness (QED) is 0.767. The first kappa shape index (κ1) is 6.44. The van der Waals surface area contributed by atoms with Crippen LogP contribution in [-0.2, 0) is 6.42 Å². The number of benzene rings is 1. The third-order valence-electron chi connectivity index (χ3n) is 1.95. The van der Waals surface area contributed by atoms with Gasteiger partial charge in [-0.15, -0.1) is 0 Å². The molecule has 13 heavy (non-hydrogen) atoms. The van der Waals surface area contributed by atoms with E-state index >= 15 is 0 Å². The maximum Gasteiger partial charge on any atom is 0.118 e. The summed E-state index contributed by atoms with van der Waals surface area (Å²) in [4.78, 5) is 0. The molecule has 0 spiro atoms. The van der Waals surface area contributed by atoms with Gasteiger partial charge in [-0.1, -0.05) is 12.1 Å². The van der Waals surface area contributed by atoms with Gasteiger partial charge in [0.05, 0.1) is 7.11 Å². The molecule has 1 aromatic carbocycles. The highest BCUT2D eigenvalue weighted by molar-refractivity contribution is 5.27. The maximum atomic E-state index is 7.09. The third kappa shape index (κ3) is 3.07. The first-order valence-corrected chi connectivity index (χ1v) is 4.31. The number of methoxy groups -OCH3 is 1. The lowest BCUT2D eigenvalue weighted by Crippen LogP contribution is -2.23. The van der Waals surface area contributed by atoms with E-state index in [1.54, 1.807) is 7.11 Å². The van der Waals surface area contributed by atoms with Gasteiger partial charge >= 0.3 is 0 Å². The monoisotopic (exact) mass is 182 g/mol. The van der Waals surface area contributed by atoms with Crippen molar-refractivity contribution < 1.29 is 8.85 Å². The minimum absolute atomic E-state index is 0.0825. The first-order chi connectivity index (χ1) is 7.40. The second-order valence-corrected chi connectivity index (χ2v) is 3.10. The van der Waals surface area contributed by atoms with Crippen LogP contribution in [0.15, 0.2) is 24.3 Å². The second kappa shape index (κ2) is 4.87. The molecular formula is C11H17NO. The van der Waals surface area contributed by atoms with Crippen LogP contribution >= 0.6 is 0 Å². The van der Waals surface area contributed by atoms with Crippen molar-refractivity contribution in [2.75, 3.05) is 14.1 Å². The van der Waals surface area contributed by atoms with Crippen LogP contribution in [0.25, 0.3) is 0 Å². The first-order valence-electron chi connectivity index (χ1n) is 5.81. The van der Waals surface area contributed by atoms with E-state index in [2.05, 4.69) is 5.32 Å². The minimum Gasteiger partial charge on any atom is -0.497 e. The van der Waals surface area contributed by atoms with Crippen molar-refractivity contribution in [3.63, 3.8) is 0 Å². The molecule has 1 rings (SSSR count). The van der Waals surface area contributed by atoms with Gasteiger partial charge in [-0.2, -0.15) is 0 Å². The molecule has 0 saturated heterocycles. The normalized spacial score (nSPS) is 16.9. The molecule has 1 atom stereocenters. The topological polar surface area (TPSA) is 21.3 Å². The molecule has 2 nitrogen and oxygen atoms in total. The molecule has 0 aliphatic carbocycles. The van der Waals surface area contributed by atoms with Gasteiger partial charge in [0.2, 0.25) is 0 Å². The minimum atomic E-state index is -2.08. The summed E-state index contributed by atoms with van der Waals surface area (Å²) in [5.74, 6) is 0.806. The van der Waals surface area contributed by atoms with Crippen LogP contribution < -0.4 is 10.1 Å². The van der Waals surface area contributed by atoms with Crippen molar-refractivity contribution in [1.82, 2.24) is 5.32 Å². The third-order valence-corrected chi connectivity index (χ3v) is 1.95. The Bertz CT molecular complexity index is 321. The summed E-state index contributed by atoms with van der Waals surface area (Å²) in [6.45, 7) is -0.220. The molecule has 0 fully saturated rings. The SMILES string of the molecule is [2H]C([2H])([2H])NC(C)Cc1ccc(OC)cc1. The fraction of sp³-hybridized carbons (Fsp3) is 0.455. The molecule has 0 radical (unpaired) electrons. The van der Waals surface area contributed by atoms with Crippen LogP contribution in [0.1, 0.15) is 16.6 Å². The van der Waals surface area contributed by atoms with Crippen LogP contribution in [0.5, 0.6) is 5.75 Å². The molecule has 0 amide bonds. The molecular weight excluding hydrogens is 162 g/mol. The van der Waals surface area contributed by atoms with Crippen molar-refractivity contribution in [2.45, 2.75) is 19.4 Å². The second-order valence-electron chi connectivity index (χ2n) is 3.10. The van der Waals surface area contributed by atoms with Crippen LogP contribution in [0.2, 0.25) is 0 Å². The zero-order chi connectivity index (χ0) is 12.2. The van der Waals surface area contributed by atoms with Crippen molar-refractivity contribution in [3.05, 3.63) is 29.8 Å². The Morgan fingerprint density at radius 3 is 2.69 bits per heavy atom. The van der Waals surface area contributed by atoms with Crippen molar-refractivity contribution >= 4 is 0 Å². The fourth-order valence-electron chi connectivity index (χ4n) is 1.17. The largest absolute Gasteiger partial charge is 0.497 e. The summed E-state index contributed by atoms with van der Waals surface area (Å²) in [5.41, 5.74) is 1.09. The highest BCUT2D eigenvalue weighted by atomic mass is 16.5. The zero-order valence-corrected chi connectivity index (χ0v) is 8.00. The van der Waals surface area contributed by atoms with Gasteiger partial charge in [-0.05, 0) is 38.0 Å². The van der Waals surface area contributed by atoms with E-state index in [0.29, 0.717) is 6.42 Å². The number of ether oxygens (including phenoxy) is 1. The predicted octanol–water partition coefficient (Wildman–Crippen LogP) is 1.85. The highest BCUT2D eigenvalue weighted by Gasteiger charge is 1.99. The summed E-state index contributed by atoms with van der Waals surface area (Å²) in [6.07, 6.45) is 0.683. The molecule has 72 valence electrons. The van der Waals surface area contributed by atoms with E-state index in [-0.39, 0.29) is 6.04 Å². The molecule has 0 aliphatic rings. The maximum absolute atomic E-state index is 7.09. The summed E-state index contributed by atoms with van der Waals surface area (Å²) >= 11 is 0. The van der Waals surface area contributed by atoms with E-state index in [1.165, 1.54) is 0 Å². The molecule has 1 N–H and O–H groups in total. The smallest absolute Gasteiger partial charge is 0.118 e. The summed E-state index contributed by atoms with van der Waals surface area (Å²) in [7, 11) is 1.62. The zero-order valence-electron chi connectivity index (χ0n) is 11.0. The number of rotatable bonds is 4. The van der Waals surface area contributed by atoms with Gasteiger partial charge in [0.15, 0.2) is 0 Å². The van der Waals surface area contributed by atoms with E-state index in [9.17, 15) is 0 Å². The Hall–Kier alpha value is -1.02. The standard InChI is InChI=1S/C11H17NO/c1-9(12-2)8-10-4-6-11(13-3)7-5-10/h4-7,9,12H,8H2,1-3H3/i2D3. The fourth-order valence-corrected chi connectivity index (χ4v) is 1.17. The number of hydrogen-bond acceptors (Lipinski definition) is 2. The lowest BCUT2D eigenvalue weighted by Gasteiger charge is -2.09. The Morgan fingerprint density at radius 1 is 1.46 bits per heavy atom. The van der Waals surface area contributed by atoms with Crippen LogP contribution in [0.4, 0.5) is 0 Å². The molecule has 2 heteroatoms. The van der Waals surface area contributed by atoms with E-state index < -0.39 is 6.98 Å². The van der Waals surface area contributed by atoms with Gasteiger partial charge < -0.3 is 10.1 Å². The summed E-state index contributed by atoms with van der Waals surface area (Å²) < 4.78 is 26.3. The lowest BCUT2D eigenvalue weighted by atomic mass is 10.1. The molecule has 0 aliphatic heterocycles. The van der Waals surface area contributed by atoms with Gasteiger partial charge in [0.25, 0.3) is 0 Å². The van der Waals surface area contributed by atoms with E-state index in [4.69, 9.17) is 8.85 Å². The van der Waals surface area contributed by atoms with Gasteiger partial charge in [0, 0.05) is 10.2 Å². The predicted molar refractivity (Wildman–Crippen MR) is 55.2 cm³/mol. The summed E-state index contributed by atoms with van der Waals surface area (Å²) in [5, 5.41) is 2.56. The molecule has 0 saturated carbocycles. The molecule has 1 unspecified atom stereocenters. The van der Waals surface area contributed by atoms with Gasteiger partial charge in [0.1, 0.15) is 5.75 Å². The van der Waals surface area contributed by atoms with Gasteiger partial charge in [-0.25, -0.2) is 0 Å². The van der Waals surface area contributed by atoms with E-state index in [1.807, 2.05) is 31.2 Å². The Balaban J connectivity index is 2.53. The Kier molecular flexibility index (Phi) is 2.41. The number of nitrogens with one attached hydrogen (secondary N) is 1. The average Bonchev–Trinajstić information content (AvgIpc) is 2.16. The number of hydrogen-bond donors (Lipinski definition) is 1. The lowest BCUT2D eigenvalue weighted by molar-refractivity contribution is 0.414. The molecule has 0 heterocycles. The Labute approximate surface area is 84.1 Å². The molecule has 1 aromatic rings. The van der Waals surface area contributed by atoms with Crippen molar-refractivity contribution in [1.29, 1.82) is 0 Å². The van der Waals surface area contributed by atoms with Crippen LogP contribution in [0, 0.1) is 0 Å². The highest BCUT2D eigenvalue weighted by Crippen LogP contribution is 2.12. The van der Waals surface area contributed by atoms with Crippen LogP contribution in [-0.4, -0.2) is 20.1 Å². The van der Waals surface area contributed by atoms with Crippen molar-refractivity contribution in [3.8, 4) is 5.75 Å². The van der Waals surface area contributed by atoms with E-state index in [0.717, 1.165) is 11.3 Å². The summed E-state index contributed by atoms with van der Waals surface area (Å²) in [6, 6.07) is 7.54. The van der Waals surface area contributed by atoms with Gasteiger partial charge in [-0.3, -0.25) is 0 Å². The van der Waals surface area contributed by atoms with Crippen LogP contribution in [0.3, 0.4) is 0 Å². The molecule has 0 aromatic heterocycles. The molecule has 0 bridgehead atoms. The average molecular weight is 182 g/mol.